The molecule has 0 atom stereocenters. The maximum atomic E-state index is 13.0. The molecule has 1 aromatic carbocycles. The Morgan fingerprint density at radius 1 is 1.17 bits per heavy atom. The molecule has 0 spiro atoms. The Bertz CT molecular complexity index is 1270. The molecule has 0 aliphatic carbocycles. The molecule has 3 heterocycles. The highest BCUT2D eigenvalue weighted by molar-refractivity contribution is 6.00. The first-order valence-electron chi connectivity index (χ1n) is 9.55. The zero-order chi connectivity index (χ0) is 20.4. The van der Waals surface area contributed by atoms with Crippen LogP contribution in [0.4, 0.5) is 5.82 Å². The van der Waals surface area contributed by atoms with Gasteiger partial charge in [-0.1, -0.05) is 48.3 Å². The summed E-state index contributed by atoms with van der Waals surface area (Å²) in [7, 11) is 0. The van der Waals surface area contributed by atoms with Gasteiger partial charge in [-0.05, 0) is 30.2 Å². The fraction of sp³-hybridized carbons (Fsp3) is 0.182. The number of hydrogen-bond donors (Lipinski definition) is 2. The fourth-order valence-corrected chi connectivity index (χ4v) is 3.41. The van der Waals surface area contributed by atoms with Crippen molar-refractivity contribution in [2.45, 2.75) is 26.4 Å². The maximum Gasteiger partial charge on any atom is 0.278 e. The second kappa shape index (κ2) is 7.71. The van der Waals surface area contributed by atoms with E-state index in [0.29, 0.717) is 35.6 Å². The monoisotopic (exact) mass is 388 g/mol. The molecule has 0 unspecified atom stereocenters. The van der Waals surface area contributed by atoms with Gasteiger partial charge in [0, 0.05) is 12.7 Å². The number of nitrogens with two attached hydrogens (primary N) is 1. The number of carbonyl (C=O) groups excluding carboxylic acids is 1. The van der Waals surface area contributed by atoms with Gasteiger partial charge in [0.1, 0.15) is 10.9 Å². The van der Waals surface area contributed by atoms with E-state index in [1.807, 2.05) is 43.3 Å². The van der Waals surface area contributed by atoms with Crippen LogP contribution in [-0.2, 0) is 13.1 Å². The summed E-state index contributed by atoms with van der Waals surface area (Å²) in [5.41, 5.74) is 8.40. The lowest BCUT2D eigenvalue weighted by Crippen LogP contribution is -2.42. The van der Waals surface area contributed by atoms with Crippen LogP contribution in [0, 0.1) is 0 Å². The molecule has 7 nitrogen and oxygen atoms in total. The van der Waals surface area contributed by atoms with Gasteiger partial charge in [-0.15, -0.1) is 0 Å². The Morgan fingerprint density at radius 3 is 2.69 bits per heavy atom. The highest BCUT2D eigenvalue weighted by Gasteiger charge is 2.23. The molecule has 0 aliphatic rings. The van der Waals surface area contributed by atoms with Crippen molar-refractivity contribution >= 4 is 28.4 Å². The van der Waals surface area contributed by atoms with E-state index in [1.54, 1.807) is 29.0 Å². The number of hydrogen-bond acceptors (Lipinski definition) is 4. The lowest BCUT2D eigenvalue weighted by Gasteiger charge is -2.12. The van der Waals surface area contributed by atoms with Gasteiger partial charge >= 0.3 is 0 Å². The van der Waals surface area contributed by atoms with E-state index in [9.17, 15) is 9.59 Å². The quantitative estimate of drug-likeness (QED) is 0.404. The number of rotatable bonds is 5. The molecule has 0 saturated heterocycles. The third-order valence-electron chi connectivity index (χ3n) is 4.85. The van der Waals surface area contributed by atoms with Crippen LogP contribution in [0.25, 0.3) is 16.7 Å². The van der Waals surface area contributed by atoms with Gasteiger partial charge in [-0.25, -0.2) is 4.57 Å². The number of benzene rings is 1. The van der Waals surface area contributed by atoms with Crippen molar-refractivity contribution in [1.82, 2.24) is 14.7 Å². The fourth-order valence-electron chi connectivity index (χ4n) is 3.41. The molecule has 146 valence electrons. The summed E-state index contributed by atoms with van der Waals surface area (Å²) in [6.45, 7) is 2.94. The Labute approximate surface area is 167 Å². The smallest absolute Gasteiger partial charge is 0.278 e. The van der Waals surface area contributed by atoms with Crippen LogP contribution < -0.4 is 21.2 Å². The second-order valence-electron chi connectivity index (χ2n) is 6.85. The number of pyridine rings is 2. The first kappa shape index (κ1) is 18.6. The first-order valence-corrected chi connectivity index (χ1v) is 9.55. The van der Waals surface area contributed by atoms with Gasteiger partial charge < -0.3 is 11.1 Å². The molecule has 0 bridgehead atoms. The van der Waals surface area contributed by atoms with Gasteiger partial charge in [0.25, 0.3) is 17.1 Å². The van der Waals surface area contributed by atoms with Crippen molar-refractivity contribution < 1.29 is 9.36 Å². The van der Waals surface area contributed by atoms with Crippen LogP contribution in [0.5, 0.6) is 0 Å². The molecule has 0 fully saturated rings. The molecular weight excluding hydrogens is 366 g/mol. The SMILES string of the molecule is CCC[n+]1c(N)c(C(=O)NCc2ccccc2)cc2c(=O)n3ccccc3nc21. The van der Waals surface area contributed by atoms with Crippen LogP contribution in [0.15, 0.2) is 65.6 Å². The van der Waals surface area contributed by atoms with Gasteiger partial charge in [-0.3, -0.25) is 14.0 Å². The van der Waals surface area contributed by atoms with Gasteiger partial charge in [0.15, 0.2) is 0 Å². The molecule has 29 heavy (non-hydrogen) atoms. The zero-order valence-corrected chi connectivity index (χ0v) is 16.1. The number of nitrogen functional groups attached to an aromatic ring is 1. The van der Waals surface area contributed by atoms with Crippen molar-refractivity contribution in [1.29, 1.82) is 0 Å². The highest BCUT2D eigenvalue weighted by atomic mass is 16.1. The minimum absolute atomic E-state index is 0.229. The average Bonchev–Trinajstić information content (AvgIpc) is 2.75. The summed E-state index contributed by atoms with van der Waals surface area (Å²) in [6.07, 6.45) is 2.45. The number of anilines is 1. The number of aromatic nitrogens is 3. The number of nitrogens with zero attached hydrogens (tertiary/aromatic N) is 3. The lowest BCUT2D eigenvalue weighted by atomic mass is 10.1. The van der Waals surface area contributed by atoms with Gasteiger partial charge in [0.05, 0.1) is 6.54 Å². The Morgan fingerprint density at radius 2 is 1.93 bits per heavy atom. The summed E-state index contributed by atoms with van der Waals surface area (Å²) in [5.74, 6) is -0.0206. The molecule has 0 radical (unpaired) electrons. The van der Waals surface area contributed by atoms with E-state index in [1.165, 1.54) is 4.40 Å². The van der Waals surface area contributed by atoms with Crippen LogP contribution >= 0.6 is 0 Å². The average molecular weight is 388 g/mol. The van der Waals surface area contributed by atoms with E-state index in [4.69, 9.17) is 5.73 Å². The second-order valence-corrected chi connectivity index (χ2v) is 6.85. The van der Waals surface area contributed by atoms with E-state index in [-0.39, 0.29) is 17.0 Å². The molecule has 4 rings (SSSR count). The Balaban J connectivity index is 1.84. The van der Waals surface area contributed by atoms with Crippen molar-refractivity contribution in [3.63, 3.8) is 0 Å². The maximum absolute atomic E-state index is 13.0. The summed E-state index contributed by atoms with van der Waals surface area (Å²) < 4.78 is 3.22. The summed E-state index contributed by atoms with van der Waals surface area (Å²) >= 11 is 0. The summed E-state index contributed by atoms with van der Waals surface area (Å²) in [5, 5.41) is 3.25. The number of amides is 1. The third-order valence-corrected chi connectivity index (χ3v) is 4.85. The normalized spacial score (nSPS) is 11.1. The van der Waals surface area contributed by atoms with Crippen LogP contribution in [-0.4, -0.2) is 15.3 Å². The number of fused-ring (bicyclic) bond motifs is 2. The standard InChI is InChI=1S/C22H21N5O2/c1-2-11-27-19(23)16(21(28)24-14-15-8-4-3-5-9-15)13-17-20(27)25-18-10-6-7-12-26(18)22(17)29/h3-10,12-13,23H,2,11,14H2,1H3,(H,24,28)/p+1. The predicted molar refractivity (Wildman–Crippen MR) is 111 cm³/mol. The van der Waals surface area contributed by atoms with Crippen molar-refractivity contribution in [2.24, 2.45) is 0 Å². The number of nitrogens with one attached hydrogen (secondary N) is 1. The van der Waals surface area contributed by atoms with E-state index >= 15 is 0 Å². The van der Waals surface area contributed by atoms with Crippen molar-refractivity contribution in [3.8, 4) is 0 Å². The number of aryl methyl sites for hydroxylation is 1. The molecule has 7 heteroatoms. The van der Waals surface area contributed by atoms with Crippen LogP contribution in [0.1, 0.15) is 29.3 Å². The molecule has 1 amide bonds. The van der Waals surface area contributed by atoms with E-state index in [0.717, 1.165) is 12.0 Å². The van der Waals surface area contributed by atoms with E-state index in [2.05, 4.69) is 10.3 Å². The minimum atomic E-state index is -0.323. The largest absolute Gasteiger partial charge is 0.348 e. The molecule has 3 N–H and O–H groups in total. The van der Waals surface area contributed by atoms with Crippen molar-refractivity contribution in [3.05, 3.63) is 82.3 Å². The highest BCUT2D eigenvalue weighted by Crippen LogP contribution is 2.15. The molecular formula is C22H22N5O2+. The Hall–Kier alpha value is -3.74. The van der Waals surface area contributed by atoms with Crippen molar-refractivity contribution in [2.75, 3.05) is 5.73 Å². The predicted octanol–water partition coefficient (Wildman–Crippen LogP) is 2.06. The van der Waals surface area contributed by atoms with Gasteiger partial charge in [0.2, 0.25) is 11.5 Å². The third kappa shape index (κ3) is 3.42. The van der Waals surface area contributed by atoms with Crippen LogP contribution in [0.2, 0.25) is 0 Å². The Kier molecular flexibility index (Phi) is 4.95. The minimum Gasteiger partial charge on any atom is -0.348 e. The molecule has 0 aliphatic heterocycles. The first-order chi connectivity index (χ1) is 14.1. The topological polar surface area (TPSA) is 93.4 Å². The van der Waals surface area contributed by atoms with E-state index < -0.39 is 0 Å². The molecule has 0 saturated carbocycles. The number of carbonyl (C=O) groups is 1. The zero-order valence-electron chi connectivity index (χ0n) is 16.1. The lowest BCUT2D eigenvalue weighted by molar-refractivity contribution is -0.658. The molecule has 3 aromatic heterocycles. The van der Waals surface area contributed by atoms with Crippen LogP contribution in [0.3, 0.4) is 0 Å². The molecule has 4 aromatic rings. The summed E-state index contributed by atoms with van der Waals surface area (Å²) in [4.78, 5) is 30.6. The summed E-state index contributed by atoms with van der Waals surface area (Å²) in [6, 6.07) is 16.5. The van der Waals surface area contributed by atoms with Gasteiger partial charge in [-0.2, -0.15) is 0 Å².